The molecule has 0 aromatic carbocycles. The molecule has 2 aliphatic rings. The van der Waals surface area contributed by atoms with Crippen LogP contribution in [0.3, 0.4) is 0 Å². The first kappa shape index (κ1) is 18.0. The minimum Gasteiger partial charge on any atom is -0.444 e. The number of rotatable bonds is 1. The summed E-state index contributed by atoms with van der Waals surface area (Å²) < 4.78 is 7.46. The highest BCUT2D eigenvalue weighted by molar-refractivity contribution is 6.28. The van der Waals surface area contributed by atoms with Crippen molar-refractivity contribution in [3.8, 4) is 5.69 Å². The predicted octanol–water partition coefficient (Wildman–Crippen LogP) is 2.39. The van der Waals surface area contributed by atoms with Crippen molar-refractivity contribution >= 4 is 23.5 Å². The molecule has 1 saturated heterocycles. The molecule has 9 nitrogen and oxygen atoms in total. The summed E-state index contributed by atoms with van der Waals surface area (Å²) in [5.41, 5.74) is -0.321. The van der Waals surface area contributed by atoms with E-state index in [9.17, 15) is 4.79 Å². The van der Waals surface area contributed by atoms with Crippen LogP contribution in [0.2, 0.25) is 5.28 Å². The van der Waals surface area contributed by atoms with Crippen LogP contribution in [-0.2, 0) is 10.3 Å². The van der Waals surface area contributed by atoms with Gasteiger partial charge in [0.15, 0.2) is 11.6 Å². The third-order valence-electron chi connectivity index (χ3n) is 5.00. The van der Waals surface area contributed by atoms with Crippen LogP contribution in [-0.4, -0.2) is 61.0 Å². The van der Waals surface area contributed by atoms with Gasteiger partial charge < -0.3 is 14.5 Å². The van der Waals surface area contributed by atoms with E-state index in [0.717, 1.165) is 17.3 Å². The minimum absolute atomic E-state index is 0.185. The van der Waals surface area contributed by atoms with E-state index in [-0.39, 0.29) is 11.4 Å². The van der Waals surface area contributed by atoms with Crippen molar-refractivity contribution < 1.29 is 9.53 Å². The van der Waals surface area contributed by atoms with E-state index < -0.39 is 11.1 Å². The van der Waals surface area contributed by atoms with Gasteiger partial charge >= 0.3 is 6.09 Å². The number of hydrogen-bond acceptors (Lipinski definition) is 7. The zero-order chi connectivity index (χ0) is 19.4. The quantitative estimate of drug-likeness (QED) is 0.689. The summed E-state index contributed by atoms with van der Waals surface area (Å²) in [6.07, 6.45) is 3.71. The Balaban J connectivity index is 1.77. The van der Waals surface area contributed by atoms with Crippen LogP contribution in [0, 0.1) is 0 Å². The molecule has 1 atom stereocenters. The van der Waals surface area contributed by atoms with Gasteiger partial charge in [0.1, 0.15) is 23.2 Å². The molecule has 0 aliphatic carbocycles. The summed E-state index contributed by atoms with van der Waals surface area (Å²) in [6.45, 7) is 9.19. The maximum atomic E-state index is 12.7. The molecule has 144 valence electrons. The lowest BCUT2D eigenvalue weighted by Crippen LogP contribution is -2.64. The normalized spacial score (nSPS) is 21.4. The number of hydrogen-bond donors (Lipinski definition) is 0. The average Bonchev–Trinajstić information content (AvgIpc) is 3.10. The first-order valence-electron chi connectivity index (χ1n) is 8.94. The Morgan fingerprint density at radius 1 is 1.37 bits per heavy atom. The lowest BCUT2D eigenvalue weighted by Gasteiger charge is -2.52. The predicted molar refractivity (Wildman–Crippen MR) is 99.1 cm³/mol. The smallest absolute Gasteiger partial charge is 0.410 e. The number of anilines is 1. The van der Waals surface area contributed by atoms with E-state index in [2.05, 4.69) is 32.0 Å². The van der Waals surface area contributed by atoms with E-state index in [1.807, 2.05) is 25.3 Å². The largest absolute Gasteiger partial charge is 0.444 e. The summed E-state index contributed by atoms with van der Waals surface area (Å²) in [4.78, 5) is 25.2. The molecule has 0 radical (unpaired) electrons. The fourth-order valence-electron chi connectivity index (χ4n) is 3.80. The molecule has 1 unspecified atom stereocenters. The van der Waals surface area contributed by atoms with Gasteiger partial charge in [-0.25, -0.2) is 9.78 Å². The Kier molecular flexibility index (Phi) is 4.03. The summed E-state index contributed by atoms with van der Waals surface area (Å²) in [5.74, 6) is 1.49. The van der Waals surface area contributed by atoms with Crippen molar-refractivity contribution in [2.45, 2.75) is 45.3 Å². The van der Waals surface area contributed by atoms with Crippen LogP contribution in [0.15, 0.2) is 12.5 Å². The third-order valence-corrected chi connectivity index (χ3v) is 5.18. The van der Waals surface area contributed by atoms with E-state index >= 15 is 0 Å². The zero-order valence-corrected chi connectivity index (χ0v) is 16.6. The van der Waals surface area contributed by atoms with Crippen LogP contribution >= 0.6 is 11.6 Å². The maximum Gasteiger partial charge on any atom is 0.410 e. The Labute approximate surface area is 162 Å². The van der Waals surface area contributed by atoms with Gasteiger partial charge in [-0.1, -0.05) is 6.92 Å². The fraction of sp³-hybridized carbons (Fsp3) is 0.588. The van der Waals surface area contributed by atoms with Crippen molar-refractivity contribution in [2.24, 2.45) is 0 Å². The standard InChI is InChI=1S/C17H22ClN7O2/c1-5-17-9-23(15(26)27-16(2,3)4)6-7-25(17)12-11(8-19-14(18)21-12)24-10-20-22-13(17)24/h8,10H,5-7,9H2,1-4H3. The maximum absolute atomic E-state index is 12.7. The number of carbonyl (C=O) groups excluding carboxylic acids is 1. The molecule has 1 fully saturated rings. The van der Waals surface area contributed by atoms with Gasteiger partial charge in [-0.15, -0.1) is 10.2 Å². The number of carbonyl (C=O) groups is 1. The fourth-order valence-corrected chi connectivity index (χ4v) is 3.93. The number of nitrogens with zero attached hydrogens (tertiary/aromatic N) is 7. The second-order valence-corrected chi connectivity index (χ2v) is 8.15. The first-order valence-corrected chi connectivity index (χ1v) is 9.32. The van der Waals surface area contributed by atoms with Crippen molar-refractivity contribution in [2.75, 3.05) is 24.5 Å². The molecule has 0 spiro atoms. The molecular weight excluding hydrogens is 370 g/mol. The molecule has 4 rings (SSSR count). The lowest BCUT2D eigenvalue weighted by molar-refractivity contribution is 0.0143. The van der Waals surface area contributed by atoms with Crippen LogP contribution < -0.4 is 4.90 Å². The number of amides is 1. The van der Waals surface area contributed by atoms with Crippen molar-refractivity contribution in [3.05, 3.63) is 23.6 Å². The Hall–Kier alpha value is -2.42. The van der Waals surface area contributed by atoms with Crippen LogP contribution in [0.1, 0.15) is 39.9 Å². The zero-order valence-electron chi connectivity index (χ0n) is 15.8. The summed E-state index contributed by atoms with van der Waals surface area (Å²) >= 11 is 6.08. The molecule has 2 aromatic heterocycles. The number of aromatic nitrogens is 5. The molecule has 10 heteroatoms. The molecule has 4 heterocycles. The number of piperazine rings is 1. The topological polar surface area (TPSA) is 89.3 Å². The Morgan fingerprint density at radius 2 is 2.15 bits per heavy atom. The second-order valence-electron chi connectivity index (χ2n) is 7.81. The van der Waals surface area contributed by atoms with Gasteiger partial charge in [0, 0.05) is 13.1 Å². The number of ether oxygens (including phenoxy) is 1. The highest BCUT2D eigenvalue weighted by Crippen LogP contribution is 2.44. The van der Waals surface area contributed by atoms with Crippen LogP contribution in [0.5, 0.6) is 0 Å². The van der Waals surface area contributed by atoms with E-state index in [4.69, 9.17) is 16.3 Å². The van der Waals surface area contributed by atoms with Gasteiger partial charge in [0.25, 0.3) is 0 Å². The highest BCUT2D eigenvalue weighted by atomic mass is 35.5. The van der Waals surface area contributed by atoms with Gasteiger partial charge in [-0.2, -0.15) is 4.98 Å². The molecule has 2 aromatic rings. The van der Waals surface area contributed by atoms with E-state index in [0.29, 0.717) is 26.1 Å². The number of halogens is 1. The van der Waals surface area contributed by atoms with Gasteiger partial charge in [-0.3, -0.25) is 4.57 Å². The van der Waals surface area contributed by atoms with Crippen molar-refractivity contribution in [1.29, 1.82) is 0 Å². The third kappa shape index (κ3) is 2.80. The first-order chi connectivity index (χ1) is 12.7. The average molecular weight is 392 g/mol. The van der Waals surface area contributed by atoms with Crippen LogP contribution in [0.4, 0.5) is 10.6 Å². The molecule has 27 heavy (non-hydrogen) atoms. The Bertz CT molecular complexity index is 894. The van der Waals surface area contributed by atoms with Gasteiger partial charge in [-0.05, 0) is 38.8 Å². The monoisotopic (exact) mass is 391 g/mol. The second kappa shape index (κ2) is 6.05. The minimum atomic E-state index is -0.559. The Morgan fingerprint density at radius 3 is 2.85 bits per heavy atom. The lowest BCUT2D eigenvalue weighted by atomic mass is 9.87. The van der Waals surface area contributed by atoms with Crippen molar-refractivity contribution in [1.82, 2.24) is 29.6 Å². The molecule has 1 amide bonds. The summed E-state index contributed by atoms with van der Waals surface area (Å²) in [7, 11) is 0. The van der Waals surface area contributed by atoms with Gasteiger partial charge in [0.2, 0.25) is 5.28 Å². The molecular formula is C17H22ClN7O2. The van der Waals surface area contributed by atoms with Gasteiger partial charge in [0.05, 0.1) is 12.7 Å². The molecule has 0 saturated carbocycles. The molecule has 2 aliphatic heterocycles. The highest BCUT2D eigenvalue weighted by Gasteiger charge is 2.51. The van der Waals surface area contributed by atoms with Crippen LogP contribution in [0.25, 0.3) is 5.69 Å². The van der Waals surface area contributed by atoms with Crippen molar-refractivity contribution in [3.63, 3.8) is 0 Å². The molecule has 0 N–H and O–H groups in total. The summed E-state index contributed by atoms with van der Waals surface area (Å²) in [6, 6.07) is 0. The van der Waals surface area contributed by atoms with E-state index in [1.54, 1.807) is 17.4 Å². The molecule has 0 bridgehead atoms. The number of fused-ring (bicyclic) bond motifs is 6. The SMILES string of the molecule is CCC12CN(C(=O)OC(C)(C)C)CCN1c1nc(Cl)ncc1-n1cnnc12. The van der Waals surface area contributed by atoms with E-state index in [1.165, 1.54) is 0 Å². The summed E-state index contributed by atoms with van der Waals surface area (Å²) in [5, 5.41) is 8.66.